The molecule has 1 saturated heterocycles. The summed E-state index contributed by atoms with van der Waals surface area (Å²) in [7, 11) is 3.70. The third-order valence-corrected chi connectivity index (χ3v) is 3.29. The highest BCUT2D eigenvalue weighted by Crippen LogP contribution is 2.13. The van der Waals surface area contributed by atoms with Gasteiger partial charge in [0, 0.05) is 32.9 Å². The van der Waals surface area contributed by atoms with Gasteiger partial charge in [-0.15, -0.1) is 0 Å². The zero-order chi connectivity index (χ0) is 13.4. The van der Waals surface area contributed by atoms with Gasteiger partial charge in [0.2, 0.25) is 0 Å². The number of hydrogen-bond donors (Lipinski definition) is 1. The Balaban J connectivity index is 2.15. The van der Waals surface area contributed by atoms with E-state index in [1.165, 1.54) is 0 Å². The summed E-state index contributed by atoms with van der Waals surface area (Å²) in [6.45, 7) is 5.16. The minimum Gasteiger partial charge on any atom is -0.389 e. The van der Waals surface area contributed by atoms with Crippen LogP contribution in [0, 0.1) is 0 Å². The second-order valence-electron chi connectivity index (χ2n) is 5.04. The van der Waals surface area contributed by atoms with Gasteiger partial charge in [-0.25, -0.2) is 0 Å². The third kappa shape index (κ3) is 6.11. The molecule has 18 heavy (non-hydrogen) atoms. The number of methoxy groups -OCH3 is 1. The Labute approximate surface area is 110 Å². The van der Waals surface area contributed by atoms with Crippen LogP contribution in [0.5, 0.6) is 0 Å². The second kappa shape index (κ2) is 8.82. The van der Waals surface area contributed by atoms with Crippen molar-refractivity contribution in [3.8, 4) is 0 Å². The van der Waals surface area contributed by atoms with Crippen LogP contribution in [0.15, 0.2) is 0 Å². The van der Waals surface area contributed by atoms with Crippen molar-refractivity contribution in [2.24, 2.45) is 0 Å². The summed E-state index contributed by atoms with van der Waals surface area (Å²) in [6.07, 6.45) is 1.67. The van der Waals surface area contributed by atoms with Crippen LogP contribution < -0.4 is 0 Å². The van der Waals surface area contributed by atoms with Gasteiger partial charge in [0.05, 0.1) is 25.4 Å². The first-order valence-electron chi connectivity index (χ1n) is 6.70. The van der Waals surface area contributed by atoms with E-state index in [0.717, 1.165) is 26.1 Å². The van der Waals surface area contributed by atoms with Crippen molar-refractivity contribution in [1.29, 1.82) is 0 Å². The Morgan fingerprint density at radius 3 is 2.61 bits per heavy atom. The van der Waals surface area contributed by atoms with Crippen molar-refractivity contribution in [3.05, 3.63) is 0 Å². The first-order chi connectivity index (χ1) is 8.63. The van der Waals surface area contributed by atoms with E-state index >= 15 is 0 Å². The fourth-order valence-corrected chi connectivity index (χ4v) is 2.22. The molecule has 1 N–H and O–H groups in total. The van der Waals surface area contributed by atoms with Gasteiger partial charge in [-0.2, -0.15) is 0 Å². The molecule has 0 bridgehead atoms. The van der Waals surface area contributed by atoms with E-state index in [2.05, 4.69) is 11.9 Å². The maximum Gasteiger partial charge on any atom is 0.0900 e. The van der Waals surface area contributed by atoms with Gasteiger partial charge in [0.25, 0.3) is 0 Å². The smallest absolute Gasteiger partial charge is 0.0900 e. The summed E-state index contributed by atoms with van der Waals surface area (Å²) in [6, 6.07) is 0.518. The van der Waals surface area contributed by atoms with Gasteiger partial charge in [0.15, 0.2) is 0 Å². The molecule has 1 aliphatic heterocycles. The molecule has 0 amide bonds. The van der Waals surface area contributed by atoms with Gasteiger partial charge in [-0.3, -0.25) is 0 Å². The molecule has 0 aromatic carbocycles. The standard InChI is InChI=1S/C13H27NO4/c1-11(9-16-3)18-10-13(15)8-14(2)12-4-6-17-7-5-12/h11-13,15H,4-10H2,1-3H3. The number of aliphatic hydroxyl groups excluding tert-OH is 1. The van der Waals surface area contributed by atoms with Crippen LogP contribution in [0.2, 0.25) is 0 Å². The molecule has 0 aromatic rings. The largest absolute Gasteiger partial charge is 0.389 e. The number of hydrogen-bond acceptors (Lipinski definition) is 5. The van der Waals surface area contributed by atoms with E-state index in [0.29, 0.717) is 25.8 Å². The van der Waals surface area contributed by atoms with Crippen molar-refractivity contribution in [2.45, 2.75) is 38.0 Å². The van der Waals surface area contributed by atoms with Crippen molar-refractivity contribution in [3.63, 3.8) is 0 Å². The van der Waals surface area contributed by atoms with Crippen LogP contribution >= 0.6 is 0 Å². The Morgan fingerprint density at radius 2 is 2.00 bits per heavy atom. The predicted molar refractivity (Wildman–Crippen MR) is 69.8 cm³/mol. The zero-order valence-electron chi connectivity index (χ0n) is 11.8. The molecule has 0 spiro atoms. The second-order valence-corrected chi connectivity index (χ2v) is 5.04. The molecule has 0 aromatic heterocycles. The fourth-order valence-electron chi connectivity index (χ4n) is 2.22. The topological polar surface area (TPSA) is 51.2 Å². The van der Waals surface area contributed by atoms with Gasteiger partial charge in [-0.05, 0) is 26.8 Å². The van der Waals surface area contributed by atoms with Gasteiger partial charge in [0.1, 0.15) is 0 Å². The Kier molecular flexibility index (Phi) is 7.77. The van der Waals surface area contributed by atoms with Gasteiger partial charge >= 0.3 is 0 Å². The SMILES string of the molecule is COCC(C)OCC(O)CN(C)C1CCOCC1. The van der Waals surface area contributed by atoms with Crippen LogP contribution in [0.25, 0.3) is 0 Å². The number of ether oxygens (including phenoxy) is 3. The summed E-state index contributed by atoms with van der Waals surface area (Å²) in [5, 5.41) is 9.93. The molecular weight excluding hydrogens is 234 g/mol. The molecule has 108 valence electrons. The normalized spacial score (nSPS) is 21.2. The van der Waals surface area contributed by atoms with Gasteiger partial charge < -0.3 is 24.2 Å². The monoisotopic (exact) mass is 261 g/mol. The average Bonchev–Trinajstić information content (AvgIpc) is 2.38. The molecule has 1 fully saturated rings. The Bertz CT molecular complexity index is 209. The van der Waals surface area contributed by atoms with Crippen LogP contribution in [0.3, 0.4) is 0 Å². The van der Waals surface area contributed by atoms with E-state index in [-0.39, 0.29) is 6.10 Å². The highest BCUT2D eigenvalue weighted by molar-refractivity contribution is 4.74. The minimum atomic E-state index is -0.447. The van der Waals surface area contributed by atoms with Crippen molar-refractivity contribution in [1.82, 2.24) is 4.90 Å². The number of aliphatic hydroxyl groups is 1. The molecule has 2 unspecified atom stereocenters. The molecule has 1 heterocycles. The molecular formula is C13H27NO4. The van der Waals surface area contributed by atoms with Gasteiger partial charge in [-0.1, -0.05) is 0 Å². The number of rotatable bonds is 8. The zero-order valence-corrected chi connectivity index (χ0v) is 11.8. The van der Waals surface area contributed by atoms with E-state index in [9.17, 15) is 5.11 Å². The minimum absolute atomic E-state index is 0.0260. The van der Waals surface area contributed by atoms with E-state index in [1.54, 1.807) is 7.11 Å². The Morgan fingerprint density at radius 1 is 1.33 bits per heavy atom. The molecule has 0 saturated carbocycles. The average molecular weight is 261 g/mol. The summed E-state index contributed by atoms with van der Waals surface area (Å²) in [4.78, 5) is 2.21. The first-order valence-corrected chi connectivity index (χ1v) is 6.70. The Hall–Kier alpha value is -0.200. The van der Waals surface area contributed by atoms with Crippen LogP contribution in [-0.4, -0.2) is 75.4 Å². The van der Waals surface area contributed by atoms with E-state index < -0.39 is 6.10 Å². The lowest BCUT2D eigenvalue weighted by atomic mass is 10.1. The van der Waals surface area contributed by atoms with E-state index in [1.807, 2.05) is 6.92 Å². The predicted octanol–water partition coefficient (Wildman–Crippen LogP) is 0.510. The summed E-state index contributed by atoms with van der Waals surface area (Å²) < 4.78 is 15.8. The number of likely N-dealkylation sites (N-methyl/N-ethyl adjacent to an activating group) is 1. The first kappa shape index (κ1) is 15.9. The lowest BCUT2D eigenvalue weighted by Gasteiger charge is -2.32. The van der Waals surface area contributed by atoms with Crippen molar-refractivity contribution in [2.75, 3.05) is 47.1 Å². The molecule has 2 atom stereocenters. The molecule has 1 aliphatic rings. The summed E-state index contributed by atoms with van der Waals surface area (Å²) >= 11 is 0. The lowest BCUT2D eigenvalue weighted by Crippen LogP contribution is -2.42. The summed E-state index contributed by atoms with van der Waals surface area (Å²) in [5.74, 6) is 0. The van der Waals surface area contributed by atoms with Crippen molar-refractivity contribution >= 4 is 0 Å². The molecule has 0 aliphatic carbocycles. The van der Waals surface area contributed by atoms with Crippen LogP contribution in [-0.2, 0) is 14.2 Å². The lowest BCUT2D eigenvalue weighted by molar-refractivity contribution is -0.0452. The quantitative estimate of drug-likeness (QED) is 0.690. The maximum absolute atomic E-state index is 9.93. The van der Waals surface area contributed by atoms with Crippen LogP contribution in [0.4, 0.5) is 0 Å². The maximum atomic E-state index is 9.93. The third-order valence-electron chi connectivity index (χ3n) is 3.29. The highest BCUT2D eigenvalue weighted by Gasteiger charge is 2.20. The number of nitrogens with zero attached hydrogens (tertiary/aromatic N) is 1. The highest BCUT2D eigenvalue weighted by atomic mass is 16.5. The summed E-state index contributed by atoms with van der Waals surface area (Å²) in [5.41, 5.74) is 0. The molecule has 0 radical (unpaired) electrons. The van der Waals surface area contributed by atoms with E-state index in [4.69, 9.17) is 14.2 Å². The molecule has 5 heteroatoms. The fraction of sp³-hybridized carbons (Fsp3) is 1.00. The van der Waals surface area contributed by atoms with Crippen molar-refractivity contribution < 1.29 is 19.3 Å². The molecule has 1 rings (SSSR count). The van der Waals surface area contributed by atoms with Crippen LogP contribution in [0.1, 0.15) is 19.8 Å². The molecule has 5 nitrogen and oxygen atoms in total.